The Morgan fingerprint density at radius 2 is 2.25 bits per heavy atom. The lowest BCUT2D eigenvalue weighted by Crippen LogP contribution is -2.40. The summed E-state index contributed by atoms with van der Waals surface area (Å²) in [6, 6.07) is 0.392. The van der Waals surface area contributed by atoms with Crippen molar-refractivity contribution in [2.24, 2.45) is 11.8 Å². The molecule has 2 aliphatic heterocycles. The summed E-state index contributed by atoms with van der Waals surface area (Å²) in [6.45, 7) is 8.97. The molecule has 3 heterocycles. The van der Waals surface area contributed by atoms with E-state index in [-0.39, 0.29) is 5.91 Å². The summed E-state index contributed by atoms with van der Waals surface area (Å²) in [6.07, 6.45) is 1.46. The number of hydrogen-bond donors (Lipinski definition) is 1. The number of fused-ring (bicyclic) bond motifs is 1. The molecule has 3 atom stereocenters. The van der Waals surface area contributed by atoms with Gasteiger partial charge >= 0.3 is 0 Å². The van der Waals surface area contributed by atoms with Gasteiger partial charge in [-0.05, 0) is 32.1 Å². The van der Waals surface area contributed by atoms with Crippen molar-refractivity contribution >= 4 is 5.91 Å². The topological polar surface area (TPSA) is 58.4 Å². The Balaban J connectivity index is 1.74. The number of hydrogen-bond acceptors (Lipinski definition) is 4. The Bertz CT molecular complexity index is 492. The van der Waals surface area contributed by atoms with Gasteiger partial charge in [0.2, 0.25) is 5.91 Å². The molecule has 2 fully saturated rings. The van der Waals surface area contributed by atoms with E-state index in [1.807, 2.05) is 13.8 Å². The Kier molecular flexibility index (Phi) is 3.54. The van der Waals surface area contributed by atoms with E-state index in [0.717, 1.165) is 43.1 Å². The highest BCUT2D eigenvalue weighted by Crippen LogP contribution is 2.34. The molecule has 0 radical (unpaired) electrons. The van der Waals surface area contributed by atoms with Gasteiger partial charge in [0.15, 0.2) is 0 Å². The molecule has 1 aromatic rings. The molecule has 1 amide bonds. The van der Waals surface area contributed by atoms with Crippen molar-refractivity contribution in [1.82, 2.24) is 15.4 Å². The van der Waals surface area contributed by atoms with Gasteiger partial charge in [0.25, 0.3) is 0 Å². The fourth-order valence-electron chi connectivity index (χ4n) is 3.84. The lowest BCUT2D eigenvalue weighted by atomic mass is 9.93. The van der Waals surface area contributed by atoms with Gasteiger partial charge in [0.05, 0.1) is 12.1 Å². The first-order valence-corrected chi connectivity index (χ1v) is 7.53. The number of rotatable bonds is 3. The van der Waals surface area contributed by atoms with Crippen molar-refractivity contribution in [1.29, 1.82) is 0 Å². The SMILES string of the molecule is CCC1C2CNCC2CN1C(=O)Cc1c(C)noc1C. The molecule has 0 spiro atoms. The molecule has 2 saturated heterocycles. The van der Waals surface area contributed by atoms with Gasteiger partial charge in [-0.1, -0.05) is 12.1 Å². The highest BCUT2D eigenvalue weighted by molar-refractivity contribution is 5.80. The van der Waals surface area contributed by atoms with Crippen LogP contribution < -0.4 is 5.32 Å². The van der Waals surface area contributed by atoms with E-state index < -0.39 is 0 Å². The van der Waals surface area contributed by atoms with Gasteiger partial charge < -0.3 is 14.7 Å². The zero-order valence-corrected chi connectivity index (χ0v) is 12.5. The van der Waals surface area contributed by atoms with Gasteiger partial charge in [-0.2, -0.15) is 0 Å². The maximum Gasteiger partial charge on any atom is 0.227 e. The van der Waals surface area contributed by atoms with Gasteiger partial charge in [-0.15, -0.1) is 0 Å². The molecule has 1 N–H and O–H groups in total. The minimum Gasteiger partial charge on any atom is -0.361 e. The molecule has 2 aliphatic rings. The summed E-state index contributed by atoms with van der Waals surface area (Å²) in [4.78, 5) is 14.8. The lowest BCUT2D eigenvalue weighted by Gasteiger charge is -2.27. The smallest absolute Gasteiger partial charge is 0.227 e. The van der Waals surface area contributed by atoms with E-state index in [9.17, 15) is 4.79 Å². The number of nitrogens with zero attached hydrogens (tertiary/aromatic N) is 2. The monoisotopic (exact) mass is 277 g/mol. The zero-order valence-electron chi connectivity index (χ0n) is 12.5. The Hall–Kier alpha value is -1.36. The highest BCUT2D eigenvalue weighted by Gasteiger charge is 2.44. The maximum atomic E-state index is 12.7. The van der Waals surface area contributed by atoms with Crippen LogP contribution in [0.15, 0.2) is 4.52 Å². The van der Waals surface area contributed by atoms with Crippen LogP contribution in [-0.2, 0) is 11.2 Å². The normalized spacial score (nSPS) is 28.9. The third-order valence-corrected chi connectivity index (χ3v) is 4.97. The number of amides is 1. The number of aromatic nitrogens is 1. The van der Waals surface area contributed by atoms with Gasteiger partial charge in [-0.3, -0.25) is 4.79 Å². The van der Waals surface area contributed by atoms with Gasteiger partial charge in [-0.25, -0.2) is 0 Å². The molecule has 1 aromatic heterocycles. The molecule has 110 valence electrons. The summed E-state index contributed by atoms with van der Waals surface area (Å²) >= 11 is 0. The predicted octanol–water partition coefficient (Wildman–Crippen LogP) is 1.29. The van der Waals surface area contributed by atoms with Crippen LogP contribution in [0.5, 0.6) is 0 Å². The van der Waals surface area contributed by atoms with Crippen LogP contribution in [-0.4, -0.2) is 41.6 Å². The van der Waals surface area contributed by atoms with E-state index >= 15 is 0 Å². The van der Waals surface area contributed by atoms with Crippen LogP contribution in [0, 0.1) is 25.7 Å². The summed E-state index contributed by atoms with van der Waals surface area (Å²) in [5, 5.41) is 7.39. The van der Waals surface area contributed by atoms with Crippen molar-refractivity contribution in [3.63, 3.8) is 0 Å². The Labute approximate surface area is 119 Å². The molecular formula is C15H23N3O2. The van der Waals surface area contributed by atoms with Crippen LogP contribution in [0.3, 0.4) is 0 Å². The van der Waals surface area contributed by atoms with E-state index in [4.69, 9.17) is 4.52 Å². The third kappa shape index (κ3) is 2.14. The number of likely N-dealkylation sites (tertiary alicyclic amines) is 1. The molecule has 0 aliphatic carbocycles. The summed E-state index contributed by atoms with van der Waals surface area (Å²) in [7, 11) is 0. The average molecular weight is 277 g/mol. The Morgan fingerprint density at radius 3 is 2.90 bits per heavy atom. The molecule has 0 saturated carbocycles. The van der Waals surface area contributed by atoms with Crippen LogP contribution in [0.4, 0.5) is 0 Å². The first kappa shape index (κ1) is 13.6. The van der Waals surface area contributed by atoms with Crippen molar-refractivity contribution in [2.45, 2.75) is 39.7 Å². The molecule has 3 unspecified atom stereocenters. The summed E-state index contributed by atoms with van der Waals surface area (Å²) in [5.74, 6) is 2.26. The van der Waals surface area contributed by atoms with Crippen molar-refractivity contribution in [3.8, 4) is 0 Å². The van der Waals surface area contributed by atoms with E-state index in [0.29, 0.717) is 24.3 Å². The molecule has 5 nitrogen and oxygen atoms in total. The minimum atomic E-state index is 0.223. The Morgan fingerprint density at radius 1 is 1.45 bits per heavy atom. The average Bonchev–Trinajstić information content (AvgIpc) is 3.08. The minimum absolute atomic E-state index is 0.223. The second-order valence-corrected chi connectivity index (χ2v) is 6.08. The number of carbonyl (C=O) groups is 1. The number of nitrogens with one attached hydrogen (secondary N) is 1. The molecule has 0 aromatic carbocycles. The van der Waals surface area contributed by atoms with E-state index in [1.54, 1.807) is 0 Å². The van der Waals surface area contributed by atoms with E-state index in [1.165, 1.54) is 0 Å². The lowest BCUT2D eigenvalue weighted by molar-refractivity contribution is -0.131. The number of aryl methyl sites for hydroxylation is 2. The van der Waals surface area contributed by atoms with Crippen LogP contribution in [0.25, 0.3) is 0 Å². The van der Waals surface area contributed by atoms with Crippen molar-refractivity contribution < 1.29 is 9.32 Å². The molecular weight excluding hydrogens is 254 g/mol. The fourth-order valence-corrected chi connectivity index (χ4v) is 3.84. The standard InChI is InChI=1S/C15H23N3O2/c1-4-14-13-7-16-6-11(13)8-18(14)15(19)5-12-9(2)17-20-10(12)3/h11,13-14,16H,4-8H2,1-3H3. The zero-order chi connectivity index (χ0) is 14.3. The predicted molar refractivity (Wildman–Crippen MR) is 75.3 cm³/mol. The molecule has 3 rings (SSSR count). The fraction of sp³-hybridized carbons (Fsp3) is 0.733. The van der Waals surface area contributed by atoms with Crippen molar-refractivity contribution in [2.75, 3.05) is 19.6 Å². The molecule has 5 heteroatoms. The second-order valence-electron chi connectivity index (χ2n) is 6.08. The van der Waals surface area contributed by atoms with Gasteiger partial charge in [0.1, 0.15) is 5.76 Å². The first-order valence-electron chi connectivity index (χ1n) is 7.53. The van der Waals surface area contributed by atoms with Gasteiger partial charge in [0, 0.05) is 31.2 Å². The molecule has 20 heavy (non-hydrogen) atoms. The first-order chi connectivity index (χ1) is 9.61. The third-order valence-electron chi connectivity index (χ3n) is 4.97. The highest BCUT2D eigenvalue weighted by atomic mass is 16.5. The van der Waals surface area contributed by atoms with Crippen LogP contribution in [0.1, 0.15) is 30.4 Å². The summed E-state index contributed by atoms with van der Waals surface area (Å²) in [5.41, 5.74) is 1.80. The van der Waals surface area contributed by atoms with E-state index in [2.05, 4.69) is 22.3 Å². The van der Waals surface area contributed by atoms with Crippen LogP contribution in [0.2, 0.25) is 0 Å². The summed E-state index contributed by atoms with van der Waals surface area (Å²) < 4.78 is 5.16. The van der Waals surface area contributed by atoms with Crippen molar-refractivity contribution in [3.05, 3.63) is 17.0 Å². The molecule has 0 bridgehead atoms. The van der Waals surface area contributed by atoms with Crippen LogP contribution >= 0.6 is 0 Å². The second kappa shape index (κ2) is 5.20. The number of carbonyl (C=O) groups excluding carboxylic acids is 1. The quantitative estimate of drug-likeness (QED) is 0.904. The largest absolute Gasteiger partial charge is 0.361 e. The maximum absolute atomic E-state index is 12.7.